The summed E-state index contributed by atoms with van der Waals surface area (Å²) in [5.74, 6) is -1.46. The van der Waals surface area contributed by atoms with Gasteiger partial charge in [-0.1, -0.05) is 19.1 Å². The topological polar surface area (TPSA) is 76.1 Å². The van der Waals surface area contributed by atoms with Crippen molar-refractivity contribution in [2.45, 2.75) is 51.4 Å². The minimum atomic E-state index is -1.65. The second-order valence-corrected chi connectivity index (χ2v) is 7.09. The molecule has 3 aliphatic rings. The van der Waals surface area contributed by atoms with E-state index in [9.17, 15) is 14.7 Å². The second kappa shape index (κ2) is 6.33. The summed E-state index contributed by atoms with van der Waals surface area (Å²) < 4.78 is 11.2. The standard InChI is InChI=1S/C18H25NO5/c1-4-12-9-11(2)18(3,22)17(21)23-10-13-5-7-19-8-6-14(15(13)19)24-16(12)20/h4-5,11,14-15,22H,6-10H2,1-3H3/t11-,14-,15+,18-/m1/s1. The zero-order chi connectivity index (χ0) is 17.5. The van der Waals surface area contributed by atoms with Crippen LogP contribution in [0.3, 0.4) is 0 Å². The molecule has 3 rings (SSSR count). The van der Waals surface area contributed by atoms with Crippen LogP contribution in [0.1, 0.15) is 33.6 Å². The Hall–Kier alpha value is -1.66. The first kappa shape index (κ1) is 17.2. The summed E-state index contributed by atoms with van der Waals surface area (Å²) >= 11 is 0. The van der Waals surface area contributed by atoms with Gasteiger partial charge >= 0.3 is 11.9 Å². The number of cyclic esters (lactones) is 1. The molecule has 24 heavy (non-hydrogen) atoms. The van der Waals surface area contributed by atoms with Gasteiger partial charge in [0.2, 0.25) is 0 Å². The van der Waals surface area contributed by atoms with Crippen LogP contribution < -0.4 is 0 Å². The highest BCUT2D eigenvalue weighted by atomic mass is 16.6. The van der Waals surface area contributed by atoms with Gasteiger partial charge in [0.25, 0.3) is 0 Å². The van der Waals surface area contributed by atoms with Crippen LogP contribution in [0.2, 0.25) is 0 Å². The lowest BCUT2D eigenvalue weighted by Crippen LogP contribution is -2.45. The molecule has 0 aliphatic carbocycles. The average molecular weight is 335 g/mol. The largest absolute Gasteiger partial charge is 0.459 e. The van der Waals surface area contributed by atoms with Crippen molar-refractivity contribution in [1.82, 2.24) is 4.90 Å². The van der Waals surface area contributed by atoms with Gasteiger partial charge in [0.1, 0.15) is 12.7 Å². The fraction of sp³-hybridized carbons (Fsp3) is 0.667. The maximum absolute atomic E-state index is 12.5. The number of nitrogens with zero attached hydrogens (tertiary/aromatic N) is 1. The number of esters is 2. The highest BCUT2D eigenvalue weighted by Crippen LogP contribution is 2.34. The summed E-state index contributed by atoms with van der Waals surface area (Å²) in [7, 11) is 0. The van der Waals surface area contributed by atoms with Crippen LogP contribution in [0.15, 0.2) is 23.3 Å². The first-order chi connectivity index (χ1) is 11.3. The van der Waals surface area contributed by atoms with Crippen LogP contribution in [0.4, 0.5) is 0 Å². The lowest BCUT2D eigenvalue weighted by molar-refractivity contribution is -0.169. The lowest BCUT2D eigenvalue weighted by atomic mass is 9.85. The van der Waals surface area contributed by atoms with Gasteiger partial charge in [0.15, 0.2) is 5.60 Å². The highest BCUT2D eigenvalue weighted by molar-refractivity contribution is 5.89. The molecule has 0 saturated carbocycles. The third kappa shape index (κ3) is 2.89. The summed E-state index contributed by atoms with van der Waals surface area (Å²) in [5, 5.41) is 10.6. The van der Waals surface area contributed by atoms with Gasteiger partial charge in [-0.3, -0.25) is 4.90 Å². The smallest absolute Gasteiger partial charge is 0.338 e. The number of hydrogen-bond donors (Lipinski definition) is 1. The van der Waals surface area contributed by atoms with Gasteiger partial charge in [-0.15, -0.1) is 0 Å². The average Bonchev–Trinajstić information content (AvgIpc) is 3.12. The molecule has 3 aliphatic heterocycles. The van der Waals surface area contributed by atoms with E-state index < -0.39 is 17.5 Å². The maximum atomic E-state index is 12.5. The Balaban J connectivity index is 1.91. The molecule has 0 aromatic rings. The van der Waals surface area contributed by atoms with Crippen molar-refractivity contribution in [2.75, 3.05) is 19.7 Å². The number of ether oxygens (including phenoxy) is 2. The van der Waals surface area contributed by atoms with Gasteiger partial charge < -0.3 is 14.6 Å². The molecule has 132 valence electrons. The number of carbonyl (C=O) groups excluding carboxylic acids is 2. The number of carbonyl (C=O) groups is 2. The summed E-state index contributed by atoms with van der Waals surface area (Å²) in [5.41, 5.74) is -0.218. The van der Waals surface area contributed by atoms with E-state index in [0.29, 0.717) is 5.57 Å². The molecule has 0 amide bonds. The zero-order valence-electron chi connectivity index (χ0n) is 14.4. The normalized spacial score (nSPS) is 39.6. The van der Waals surface area contributed by atoms with E-state index in [0.717, 1.165) is 25.1 Å². The number of hydrogen-bond acceptors (Lipinski definition) is 6. The Morgan fingerprint density at radius 2 is 2.17 bits per heavy atom. The SMILES string of the molecule is CC=C1C[C@@H](C)[C@@](C)(O)C(=O)OCC2=CCN3CC[C@@H](OC1=O)[C@H]23. The van der Waals surface area contributed by atoms with E-state index in [1.54, 1.807) is 19.9 Å². The quantitative estimate of drug-likeness (QED) is 0.407. The molecule has 0 radical (unpaired) electrons. The minimum absolute atomic E-state index is 0.0262. The van der Waals surface area contributed by atoms with Crippen LogP contribution in [-0.2, 0) is 19.1 Å². The van der Waals surface area contributed by atoms with E-state index in [1.807, 2.05) is 6.08 Å². The Morgan fingerprint density at radius 1 is 1.42 bits per heavy atom. The first-order valence-corrected chi connectivity index (χ1v) is 8.53. The van der Waals surface area contributed by atoms with Gasteiger partial charge in [0.05, 0.1) is 6.04 Å². The fourth-order valence-corrected chi connectivity index (χ4v) is 3.68. The highest BCUT2D eigenvalue weighted by Gasteiger charge is 2.45. The Labute approximate surface area is 142 Å². The Bertz CT molecular complexity index is 607. The van der Waals surface area contributed by atoms with Gasteiger partial charge in [-0.2, -0.15) is 0 Å². The molecule has 1 N–H and O–H groups in total. The van der Waals surface area contributed by atoms with Crippen molar-refractivity contribution in [3.63, 3.8) is 0 Å². The first-order valence-electron chi connectivity index (χ1n) is 8.53. The molecule has 0 bridgehead atoms. The molecule has 0 aromatic carbocycles. The molecular weight excluding hydrogens is 310 g/mol. The number of allylic oxidation sites excluding steroid dienone is 1. The molecule has 0 spiro atoms. The van der Waals surface area contributed by atoms with Crippen molar-refractivity contribution in [3.05, 3.63) is 23.3 Å². The van der Waals surface area contributed by atoms with Crippen LogP contribution >= 0.6 is 0 Å². The minimum Gasteiger partial charge on any atom is -0.459 e. The van der Waals surface area contributed by atoms with E-state index in [4.69, 9.17) is 9.47 Å². The maximum Gasteiger partial charge on any atom is 0.338 e. The molecule has 2 saturated heterocycles. The van der Waals surface area contributed by atoms with E-state index in [-0.39, 0.29) is 31.1 Å². The summed E-state index contributed by atoms with van der Waals surface area (Å²) in [4.78, 5) is 27.1. The third-order valence-corrected chi connectivity index (χ3v) is 5.55. The summed E-state index contributed by atoms with van der Waals surface area (Å²) in [6, 6.07) is -0.0262. The van der Waals surface area contributed by atoms with Crippen LogP contribution in [0, 0.1) is 5.92 Å². The molecule has 6 heteroatoms. The predicted octanol–water partition coefficient (Wildman–Crippen LogP) is 1.19. The molecule has 0 unspecified atom stereocenters. The van der Waals surface area contributed by atoms with Crippen LogP contribution in [0.5, 0.6) is 0 Å². The number of rotatable bonds is 0. The Morgan fingerprint density at radius 3 is 2.88 bits per heavy atom. The molecule has 2 fully saturated rings. The molecule has 3 heterocycles. The summed E-state index contributed by atoms with van der Waals surface area (Å²) in [6.07, 6.45) is 4.56. The van der Waals surface area contributed by atoms with Crippen molar-refractivity contribution in [3.8, 4) is 0 Å². The van der Waals surface area contributed by atoms with Crippen molar-refractivity contribution in [1.29, 1.82) is 0 Å². The summed E-state index contributed by atoms with van der Waals surface area (Å²) in [6.45, 7) is 6.71. The number of aliphatic hydroxyl groups is 1. The van der Waals surface area contributed by atoms with Gasteiger partial charge in [-0.25, -0.2) is 9.59 Å². The van der Waals surface area contributed by atoms with Gasteiger partial charge in [-0.05, 0) is 38.2 Å². The van der Waals surface area contributed by atoms with Gasteiger partial charge in [0, 0.05) is 18.7 Å². The predicted molar refractivity (Wildman–Crippen MR) is 87.1 cm³/mol. The monoisotopic (exact) mass is 335 g/mol. The van der Waals surface area contributed by atoms with Crippen LogP contribution in [0.25, 0.3) is 0 Å². The molecular formula is C18H25NO5. The van der Waals surface area contributed by atoms with Crippen molar-refractivity contribution >= 4 is 11.9 Å². The molecule has 4 atom stereocenters. The van der Waals surface area contributed by atoms with Crippen molar-refractivity contribution < 1.29 is 24.2 Å². The molecule has 6 nitrogen and oxygen atoms in total. The Kier molecular flexibility index (Phi) is 4.53. The van der Waals surface area contributed by atoms with Crippen molar-refractivity contribution in [2.24, 2.45) is 5.92 Å². The van der Waals surface area contributed by atoms with E-state index >= 15 is 0 Å². The molecule has 0 aromatic heterocycles. The fourth-order valence-electron chi connectivity index (χ4n) is 3.68. The second-order valence-electron chi connectivity index (χ2n) is 7.09. The van der Waals surface area contributed by atoms with E-state index in [2.05, 4.69) is 4.90 Å². The van der Waals surface area contributed by atoms with Crippen LogP contribution in [-0.4, -0.2) is 59.4 Å². The zero-order valence-corrected chi connectivity index (χ0v) is 14.4. The lowest BCUT2D eigenvalue weighted by Gasteiger charge is -2.31. The third-order valence-electron chi connectivity index (χ3n) is 5.55. The van der Waals surface area contributed by atoms with E-state index in [1.165, 1.54) is 6.92 Å².